The smallest absolute Gasteiger partial charge is 0.432 e. The maximum absolute atomic E-state index is 14.4. The summed E-state index contributed by atoms with van der Waals surface area (Å²) in [5.41, 5.74) is -4.02. The van der Waals surface area contributed by atoms with E-state index in [1.807, 2.05) is 0 Å². The number of halogens is 4. The molecule has 190 valence electrons. The minimum atomic E-state index is -5.23. The first-order valence-electron chi connectivity index (χ1n) is 10.4. The van der Waals surface area contributed by atoms with Crippen molar-refractivity contribution in [3.05, 3.63) is 60.1 Å². The lowest BCUT2D eigenvalue weighted by atomic mass is 9.92. The molecule has 2 heterocycles. The lowest BCUT2D eigenvalue weighted by molar-refractivity contribution is -0.289. The molecule has 5 atom stereocenters. The normalized spacial score (nSPS) is 27.1. The van der Waals surface area contributed by atoms with Gasteiger partial charge in [0, 0.05) is 25.7 Å². The highest BCUT2D eigenvalue weighted by Crippen LogP contribution is 2.49. The Balaban J connectivity index is 2.08. The number of allylic oxidation sites excluding steroid dienone is 1. The van der Waals surface area contributed by atoms with Crippen LogP contribution in [0.1, 0.15) is 19.4 Å². The zero-order valence-corrected chi connectivity index (χ0v) is 20.0. The Hall–Kier alpha value is -3.60. The summed E-state index contributed by atoms with van der Waals surface area (Å²) in [6.07, 6.45) is -4.70. The first-order valence-corrected chi connectivity index (χ1v) is 10.8. The van der Waals surface area contributed by atoms with E-state index in [9.17, 15) is 22.8 Å². The predicted octanol–water partition coefficient (Wildman–Crippen LogP) is 3.72. The molecule has 0 unspecified atom stereocenters. The molecule has 36 heavy (non-hydrogen) atoms. The highest BCUT2D eigenvalue weighted by molar-refractivity contribution is 6.23. The van der Waals surface area contributed by atoms with Gasteiger partial charge in [-0.1, -0.05) is 42.2 Å². The van der Waals surface area contributed by atoms with Crippen molar-refractivity contribution in [1.82, 2.24) is 0 Å². The molecule has 1 spiro atoms. The quantitative estimate of drug-likeness (QED) is 0.330. The number of hydrogen-bond acceptors (Lipinski definition) is 7. The van der Waals surface area contributed by atoms with Crippen LogP contribution >= 0.6 is 11.6 Å². The second kappa shape index (κ2) is 10.6. The summed E-state index contributed by atoms with van der Waals surface area (Å²) in [6, 6.07) is 6.24. The minimum absolute atomic E-state index is 0.101. The molecule has 1 saturated heterocycles. The highest BCUT2D eigenvalue weighted by atomic mass is 35.5. The van der Waals surface area contributed by atoms with E-state index >= 15 is 0 Å². The standard InChI is InChI=1S/C25H20ClF3O7/c1-4-5-6-10-13-18-20(26)21(24(36-18)19(14-15-33-24)34-16(2)30)35-22(31)23(32-3,25(27,28)29)17-11-8-7-9-12-17/h7-9,11-15,19-21H,1-3H3/b18-13+/t19-,20-,21+,23-,24-/m1/s1. The van der Waals surface area contributed by atoms with E-state index in [2.05, 4.69) is 23.7 Å². The van der Waals surface area contributed by atoms with Crippen LogP contribution in [0.4, 0.5) is 13.2 Å². The van der Waals surface area contributed by atoms with Crippen LogP contribution in [-0.4, -0.2) is 48.6 Å². The molecule has 0 bridgehead atoms. The van der Waals surface area contributed by atoms with Gasteiger partial charge in [-0.3, -0.25) is 4.79 Å². The average molecular weight is 525 g/mol. The number of benzene rings is 1. The second-order valence-electron chi connectivity index (χ2n) is 7.47. The molecule has 0 aromatic heterocycles. The van der Waals surface area contributed by atoms with Gasteiger partial charge in [-0.15, -0.1) is 11.6 Å². The van der Waals surface area contributed by atoms with Crippen molar-refractivity contribution in [3.8, 4) is 23.7 Å². The van der Waals surface area contributed by atoms with Crippen LogP contribution in [-0.2, 0) is 38.9 Å². The number of rotatable bonds is 5. The number of ether oxygens (including phenoxy) is 5. The monoisotopic (exact) mass is 524 g/mol. The van der Waals surface area contributed by atoms with E-state index in [4.69, 9.17) is 35.3 Å². The van der Waals surface area contributed by atoms with Gasteiger partial charge in [-0.2, -0.15) is 13.2 Å². The molecule has 2 aliphatic rings. The molecule has 1 aromatic rings. The largest absolute Gasteiger partial charge is 0.454 e. The minimum Gasteiger partial charge on any atom is -0.454 e. The molecule has 2 aliphatic heterocycles. The molecule has 0 N–H and O–H groups in total. The van der Waals surface area contributed by atoms with Crippen LogP contribution in [0, 0.1) is 23.7 Å². The Morgan fingerprint density at radius 3 is 2.44 bits per heavy atom. The summed E-state index contributed by atoms with van der Waals surface area (Å²) in [7, 11) is 0.728. The van der Waals surface area contributed by atoms with Gasteiger partial charge in [0.05, 0.1) is 6.26 Å². The van der Waals surface area contributed by atoms with Crippen LogP contribution in [0.2, 0.25) is 0 Å². The Morgan fingerprint density at radius 1 is 1.17 bits per heavy atom. The number of esters is 2. The Kier molecular flexibility index (Phi) is 7.92. The van der Waals surface area contributed by atoms with E-state index in [0.29, 0.717) is 0 Å². The number of hydrogen-bond donors (Lipinski definition) is 0. The van der Waals surface area contributed by atoms with Gasteiger partial charge < -0.3 is 23.7 Å². The van der Waals surface area contributed by atoms with Crippen molar-refractivity contribution in [2.75, 3.05) is 7.11 Å². The summed E-state index contributed by atoms with van der Waals surface area (Å²) in [5, 5.41) is -1.38. The van der Waals surface area contributed by atoms with Crippen LogP contribution in [0.5, 0.6) is 0 Å². The second-order valence-corrected chi connectivity index (χ2v) is 7.94. The molecule has 1 fully saturated rings. The highest BCUT2D eigenvalue weighted by Gasteiger charge is 2.69. The molecular weight excluding hydrogens is 505 g/mol. The fraction of sp³-hybridized carbons (Fsp3) is 0.360. The van der Waals surface area contributed by atoms with Crippen molar-refractivity contribution >= 4 is 23.5 Å². The van der Waals surface area contributed by atoms with E-state index in [0.717, 1.165) is 32.4 Å². The molecule has 0 radical (unpaired) electrons. The van der Waals surface area contributed by atoms with Crippen LogP contribution in [0.15, 0.2) is 54.5 Å². The predicted molar refractivity (Wildman–Crippen MR) is 120 cm³/mol. The SMILES string of the molecule is CC#CC#C/C=C1/O[C@@]2(OC=C[C@H]2OC(C)=O)[C@@H](OC(=O)[C@](OC)(c2ccccc2)C(F)(F)F)[C@@H]1Cl. The number of carbonyl (C=O) groups is 2. The Bertz CT molecular complexity index is 1190. The molecule has 0 aliphatic carbocycles. The van der Waals surface area contributed by atoms with Gasteiger partial charge in [0.25, 0.3) is 5.60 Å². The average Bonchev–Trinajstić information content (AvgIpc) is 3.33. The lowest BCUT2D eigenvalue weighted by Crippen LogP contribution is -2.57. The molecule has 3 rings (SSSR count). The van der Waals surface area contributed by atoms with E-state index in [1.54, 1.807) is 6.92 Å². The fourth-order valence-corrected chi connectivity index (χ4v) is 4.06. The van der Waals surface area contributed by atoms with E-state index in [-0.39, 0.29) is 5.76 Å². The van der Waals surface area contributed by atoms with Crippen LogP contribution in [0.25, 0.3) is 0 Å². The van der Waals surface area contributed by atoms with Crippen LogP contribution in [0.3, 0.4) is 0 Å². The van der Waals surface area contributed by atoms with Gasteiger partial charge >= 0.3 is 23.9 Å². The maximum Gasteiger partial charge on any atom is 0.432 e. The van der Waals surface area contributed by atoms with Gasteiger partial charge in [-0.25, -0.2) is 4.79 Å². The number of carbonyl (C=O) groups excluding carboxylic acids is 2. The van der Waals surface area contributed by atoms with E-state index in [1.165, 1.54) is 30.4 Å². The summed E-state index contributed by atoms with van der Waals surface area (Å²) in [4.78, 5) is 25.0. The van der Waals surface area contributed by atoms with Gasteiger partial charge in [0.15, 0.2) is 0 Å². The molecule has 11 heteroatoms. The molecule has 0 saturated carbocycles. The van der Waals surface area contributed by atoms with Crippen molar-refractivity contribution in [3.63, 3.8) is 0 Å². The zero-order valence-electron chi connectivity index (χ0n) is 19.2. The lowest BCUT2D eigenvalue weighted by Gasteiger charge is -2.37. The fourth-order valence-electron chi connectivity index (χ4n) is 3.72. The van der Waals surface area contributed by atoms with Gasteiger partial charge in [0.1, 0.15) is 11.1 Å². The number of methoxy groups -OCH3 is 1. The molecular formula is C25H20ClF3O7. The molecule has 1 aromatic carbocycles. The Labute approximate surface area is 210 Å². The first-order chi connectivity index (χ1) is 17.0. The van der Waals surface area contributed by atoms with Gasteiger partial charge in [-0.05, 0) is 24.8 Å². The van der Waals surface area contributed by atoms with E-state index < -0.39 is 52.7 Å². The van der Waals surface area contributed by atoms with Crippen molar-refractivity contribution in [2.45, 2.75) is 49.0 Å². The number of alkyl halides is 4. The third-order valence-electron chi connectivity index (χ3n) is 5.29. The maximum atomic E-state index is 14.4. The van der Waals surface area contributed by atoms with Crippen molar-refractivity contribution in [1.29, 1.82) is 0 Å². The first kappa shape index (κ1) is 27.0. The molecule has 0 amide bonds. The molecule has 7 nitrogen and oxygen atoms in total. The summed E-state index contributed by atoms with van der Waals surface area (Å²) < 4.78 is 69.7. The third kappa shape index (κ3) is 4.75. The van der Waals surface area contributed by atoms with Crippen molar-refractivity contribution in [2.24, 2.45) is 0 Å². The summed E-state index contributed by atoms with van der Waals surface area (Å²) in [6.45, 7) is 2.68. The van der Waals surface area contributed by atoms with Crippen LogP contribution < -0.4 is 0 Å². The zero-order chi connectivity index (χ0) is 26.6. The summed E-state index contributed by atoms with van der Waals surface area (Å²) >= 11 is 6.48. The van der Waals surface area contributed by atoms with Crippen molar-refractivity contribution < 1.29 is 46.4 Å². The third-order valence-corrected chi connectivity index (χ3v) is 5.73. The van der Waals surface area contributed by atoms with Gasteiger partial charge in [0.2, 0.25) is 12.2 Å². The Morgan fingerprint density at radius 2 is 1.86 bits per heavy atom. The summed E-state index contributed by atoms with van der Waals surface area (Å²) in [5.74, 6) is 5.31. The topological polar surface area (TPSA) is 80.3 Å².